The van der Waals surface area contributed by atoms with Gasteiger partial charge in [0.25, 0.3) is 0 Å². The number of rotatable bonds is 10. The van der Waals surface area contributed by atoms with Crippen LogP contribution in [-0.2, 0) is 0 Å². The summed E-state index contributed by atoms with van der Waals surface area (Å²) in [5.74, 6) is 0. The average molecular weight is 617 g/mol. The molecule has 2 heteroatoms. The number of hydrogen-bond acceptors (Lipinski definition) is 2. The third-order valence-electron chi connectivity index (χ3n) is 8.45. The highest BCUT2D eigenvalue weighted by Crippen LogP contribution is 2.36. The van der Waals surface area contributed by atoms with Crippen molar-refractivity contribution in [2.75, 3.05) is 10.6 Å². The third-order valence-corrected chi connectivity index (χ3v) is 8.45. The largest absolute Gasteiger partial charge is 0.362 e. The minimum Gasteiger partial charge on any atom is -0.362 e. The lowest BCUT2D eigenvalue weighted by atomic mass is 9.93. The summed E-state index contributed by atoms with van der Waals surface area (Å²) >= 11 is 0. The lowest BCUT2D eigenvalue weighted by Gasteiger charge is -2.16. The number of fused-ring (bicyclic) bond motifs is 1. The standard InChI is InChI=1S/C46H36N2/c1-34(35-13-5-2-6-14-35)31-42(29-30-47-43-17-7-3-8-18-43)41-27-28-46(48-44-19-9-4-10-20-44)45(33-41)38-24-21-37(22-25-38)40-26-23-36-15-11-12-16-39(36)32-40/h2-33,47-48H,1H2/b30-29-,42-31+. The van der Waals surface area contributed by atoms with Crippen LogP contribution in [0, 0.1) is 0 Å². The van der Waals surface area contributed by atoms with Crippen LogP contribution in [0.3, 0.4) is 0 Å². The number of para-hydroxylation sites is 2. The zero-order valence-corrected chi connectivity index (χ0v) is 26.7. The number of benzene rings is 7. The van der Waals surface area contributed by atoms with E-state index >= 15 is 0 Å². The highest BCUT2D eigenvalue weighted by molar-refractivity contribution is 5.92. The average Bonchev–Trinajstić information content (AvgIpc) is 3.15. The smallest absolute Gasteiger partial charge is 0.0464 e. The van der Waals surface area contributed by atoms with E-state index in [1.54, 1.807) is 0 Å². The van der Waals surface area contributed by atoms with Gasteiger partial charge in [-0.3, -0.25) is 0 Å². The summed E-state index contributed by atoms with van der Waals surface area (Å²) in [6, 6.07) is 61.5. The van der Waals surface area contributed by atoms with Gasteiger partial charge in [0, 0.05) is 28.8 Å². The van der Waals surface area contributed by atoms with E-state index in [1.807, 2.05) is 48.7 Å². The van der Waals surface area contributed by atoms with Crippen LogP contribution < -0.4 is 10.6 Å². The fourth-order valence-electron chi connectivity index (χ4n) is 5.87. The molecule has 7 aromatic carbocycles. The molecule has 2 nitrogen and oxygen atoms in total. The summed E-state index contributed by atoms with van der Waals surface area (Å²) in [6.07, 6.45) is 6.27. The quantitative estimate of drug-likeness (QED) is 0.149. The summed E-state index contributed by atoms with van der Waals surface area (Å²) in [5, 5.41) is 9.58. The maximum absolute atomic E-state index is 4.42. The minimum absolute atomic E-state index is 0.947. The molecule has 0 bridgehead atoms. The molecule has 0 radical (unpaired) electrons. The van der Waals surface area contributed by atoms with E-state index in [9.17, 15) is 0 Å². The SMILES string of the molecule is C=C(/C=C(\C=C/Nc1ccccc1)c1ccc(Nc2ccccc2)c(-c2ccc(-c3ccc4ccccc4c3)cc2)c1)c1ccccc1. The molecule has 230 valence electrons. The topological polar surface area (TPSA) is 24.1 Å². The van der Waals surface area contributed by atoms with E-state index in [-0.39, 0.29) is 0 Å². The Hall–Kier alpha value is -6.38. The molecular formula is C46H36N2. The van der Waals surface area contributed by atoms with Crippen LogP contribution in [0.5, 0.6) is 0 Å². The van der Waals surface area contributed by atoms with Crippen LogP contribution in [0.4, 0.5) is 17.1 Å². The summed E-state index contributed by atoms with van der Waals surface area (Å²) in [4.78, 5) is 0. The van der Waals surface area contributed by atoms with Crippen molar-refractivity contribution >= 4 is 39.0 Å². The van der Waals surface area contributed by atoms with Crippen molar-refractivity contribution < 1.29 is 0 Å². The molecule has 0 aliphatic carbocycles. The van der Waals surface area contributed by atoms with Crippen molar-refractivity contribution in [1.29, 1.82) is 0 Å². The van der Waals surface area contributed by atoms with Crippen molar-refractivity contribution in [3.05, 3.63) is 212 Å². The van der Waals surface area contributed by atoms with E-state index in [0.29, 0.717) is 0 Å². The van der Waals surface area contributed by atoms with E-state index in [4.69, 9.17) is 0 Å². The second-order valence-corrected chi connectivity index (χ2v) is 11.7. The molecule has 48 heavy (non-hydrogen) atoms. The van der Waals surface area contributed by atoms with Gasteiger partial charge in [-0.05, 0) is 104 Å². The van der Waals surface area contributed by atoms with Crippen molar-refractivity contribution in [1.82, 2.24) is 0 Å². The maximum atomic E-state index is 4.42. The number of allylic oxidation sites excluding steroid dienone is 4. The Bertz CT molecular complexity index is 2210. The van der Waals surface area contributed by atoms with Gasteiger partial charge in [-0.2, -0.15) is 0 Å². The van der Waals surface area contributed by atoms with Crippen molar-refractivity contribution in [2.24, 2.45) is 0 Å². The van der Waals surface area contributed by atoms with Gasteiger partial charge in [0.1, 0.15) is 0 Å². The Kier molecular flexibility index (Phi) is 9.06. The van der Waals surface area contributed by atoms with E-state index in [1.165, 1.54) is 21.9 Å². The Balaban J connectivity index is 1.28. The molecular weight excluding hydrogens is 581 g/mol. The summed E-state index contributed by atoms with van der Waals surface area (Å²) in [5.41, 5.74) is 11.9. The molecule has 2 N–H and O–H groups in total. The molecule has 7 aromatic rings. The molecule has 0 saturated heterocycles. The summed E-state index contributed by atoms with van der Waals surface area (Å²) in [7, 11) is 0. The Morgan fingerprint density at radius 1 is 0.479 bits per heavy atom. The Labute approximate surface area is 283 Å². The minimum atomic E-state index is 0.947. The second-order valence-electron chi connectivity index (χ2n) is 11.7. The van der Waals surface area contributed by atoms with Crippen LogP contribution >= 0.6 is 0 Å². The first-order valence-corrected chi connectivity index (χ1v) is 16.2. The van der Waals surface area contributed by atoms with Crippen LogP contribution in [0.2, 0.25) is 0 Å². The van der Waals surface area contributed by atoms with Gasteiger partial charge in [0.2, 0.25) is 0 Å². The van der Waals surface area contributed by atoms with Gasteiger partial charge in [0.05, 0.1) is 0 Å². The van der Waals surface area contributed by atoms with Crippen LogP contribution in [0.25, 0.3) is 44.2 Å². The van der Waals surface area contributed by atoms with Crippen molar-refractivity contribution in [2.45, 2.75) is 0 Å². The predicted octanol–water partition coefficient (Wildman–Crippen LogP) is 12.6. The molecule has 0 atom stereocenters. The lowest BCUT2D eigenvalue weighted by molar-refractivity contribution is 1.51. The Morgan fingerprint density at radius 3 is 1.81 bits per heavy atom. The van der Waals surface area contributed by atoms with Crippen LogP contribution in [0.1, 0.15) is 11.1 Å². The first-order valence-electron chi connectivity index (χ1n) is 16.2. The fourth-order valence-corrected chi connectivity index (χ4v) is 5.87. The highest BCUT2D eigenvalue weighted by Gasteiger charge is 2.11. The van der Waals surface area contributed by atoms with Crippen LogP contribution in [-0.4, -0.2) is 0 Å². The highest BCUT2D eigenvalue weighted by atomic mass is 14.9. The number of anilines is 3. The molecule has 0 spiro atoms. The van der Waals surface area contributed by atoms with Crippen molar-refractivity contribution in [3.63, 3.8) is 0 Å². The first-order chi connectivity index (χ1) is 23.7. The van der Waals surface area contributed by atoms with Crippen molar-refractivity contribution in [3.8, 4) is 22.3 Å². The van der Waals surface area contributed by atoms with Gasteiger partial charge < -0.3 is 10.6 Å². The van der Waals surface area contributed by atoms with Gasteiger partial charge in [-0.25, -0.2) is 0 Å². The lowest BCUT2D eigenvalue weighted by Crippen LogP contribution is -1.96. The second kappa shape index (κ2) is 14.4. The number of nitrogens with one attached hydrogen (secondary N) is 2. The molecule has 0 saturated carbocycles. The molecule has 0 aliphatic heterocycles. The van der Waals surface area contributed by atoms with E-state index in [2.05, 4.69) is 163 Å². The monoisotopic (exact) mass is 616 g/mol. The third kappa shape index (κ3) is 7.20. The summed E-state index contributed by atoms with van der Waals surface area (Å²) in [6.45, 7) is 4.42. The van der Waals surface area contributed by atoms with E-state index in [0.717, 1.165) is 50.5 Å². The maximum Gasteiger partial charge on any atom is 0.0464 e. The first kappa shape index (κ1) is 30.3. The summed E-state index contributed by atoms with van der Waals surface area (Å²) < 4.78 is 0. The number of hydrogen-bond donors (Lipinski definition) is 2. The fraction of sp³-hybridized carbons (Fsp3) is 0. The molecule has 7 rings (SSSR count). The zero-order chi connectivity index (χ0) is 32.5. The zero-order valence-electron chi connectivity index (χ0n) is 26.7. The predicted molar refractivity (Wildman–Crippen MR) is 207 cm³/mol. The molecule has 0 amide bonds. The van der Waals surface area contributed by atoms with Gasteiger partial charge in [0.15, 0.2) is 0 Å². The molecule has 0 aliphatic rings. The van der Waals surface area contributed by atoms with Gasteiger partial charge in [-0.1, -0.05) is 140 Å². The molecule has 0 fully saturated rings. The normalized spacial score (nSPS) is 11.5. The van der Waals surface area contributed by atoms with Gasteiger partial charge >= 0.3 is 0 Å². The van der Waals surface area contributed by atoms with Crippen LogP contribution in [0.15, 0.2) is 201 Å². The molecule has 0 aromatic heterocycles. The van der Waals surface area contributed by atoms with Gasteiger partial charge in [-0.15, -0.1) is 0 Å². The Morgan fingerprint density at radius 2 is 1.08 bits per heavy atom. The molecule has 0 unspecified atom stereocenters. The van der Waals surface area contributed by atoms with E-state index < -0.39 is 0 Å². The molecule has 0 heterocycles.